The fourth-order valence-corrected chi connectivity index (χ4v) is 10.2. The Morgan fingerprint density at radius 1 is 0.474 bits per heavy atom. The van der Waals surface area contributed by atoms with Crippen LogP contribution < -0.4 is 36.5 Å². The molecule has 5 aromatic carbocycles. The maximum absolute atomic E-state index is 3.51. The van der Waals surface area contributed by atoms with E-state index in [2.05, 4.69) is 155 Å². The van der Waals surface area contributed by atoms with E-state index in [9.17, 15) is 0 Å². The first-order chi connectivity index (χ1) is 18.9. The van der Waals surface area contributed by atoms with E-state index in [1.54, 1.807) is 0 Å². The van der Waals surface area contributed by atoms with Crippen LogP contribution >= 0.6 is 0 Å². The smallest absolute Gasteiger partial charge is 0.179 e. The van der Waals surface area contributed by atoms with Gasteiger partial charge in [0.05, 0.1) is 17.1 Å². The van der Waals surface area contributed by atoms with Crippen molar-refractivity contribution in [2.24, 2.45) is 0 Å². The van der Waals surface area contributed by atoms with Crippen LogP contribution in [0.2, 0.25) is 0 Å². The molecule has 0 fully saturated rings. The van der Waals surface area contributed by atoms with Gasteiger partial charge in [0.2, 0.25) is 0 Å². The van der Waals surface area contributed by atoms with Gasteiger partial charge < -0.3 is 10.7 Å². The number of nitrogens with one attached hydrogen (secondary N) is 2. The molecule has 0 saturated heterocycles. The van der Waals surface area contributed by atoms with Gasteiger partial charge in [0.25, 0.3) is 0 Å². The van der Waals surface area contributed by atoms with Gasteiger partial charge >= 0.3 is 0 Å². The minimum absolute atomic E-state index is 1.03. The van der Waals surface area contributed by atoms with Crippen LogP contribution in [0.3, 0.4) is 0 Å². The topological polar surface area (TPSA) is 27.3 Å². The van der Waals surface area contributed by atoms with Crippen LogP contribution in [0.25, 0.3) is 0 Å². The van der Waals surface area contributed by atoms with Gasteiger partial charge in [0, 0.05) is 12.4 Å². The Balaban J connectivity index is 1.61. The van der Waals surface area contributed by atoms with E-state index in [1.165, 1.54) is 20.7 Å². The van der Waals surface area contributed by atoms with Crippen molar-refractivity contribution in [3.8, 4) is 0 Å². The van der Waals surface area contributed by atoms with E-state index in [4.69, 9.17) is 0 Å². The average molecular weight is 508 g/mol. The molecule has 0 aromatic heterocycles. The first kappa shape index (κ1) is 23.6. The van der Waals surface area contributed by atoms with Gasteiger partial charge in [-0.25, -0.2) is 0 Å². The van der Waals surface area contributed by atoms with Gasteiger partial charge in [-0.15, -0.1) is 0 Å². The number of hydrogen-bond donors (Lipinski definition) is 2. The molecule has 1 heterocycles. The lowest BCUT2D eigenvalue weighted by Gasteiger charge is -2.35. The Bertz CT molecular complexity index is 1470. The summed E-state index contributed by atoms with van der Waals surface area (Å²) in [5, 5.41) is 11.0. The summed E-state index contributed by atoms with van der Waals surface area (Å²) in [6, 6.07) is 50.4. The van der Waals surface area contributed by atoms with Crippen LogP contribution in [-0.2, 0) is 0 Å². The molecule has 0 saturated carbocycles. The van der Waals surface area contributed by atoms with Crippen LogP contribution in [0.4, 0.5) is 17.1 Å². The molecule has 6 rings (SSSR count). The molecule has 4 heteroatoms. The summed E-state index contributed by atoms with van der Waals surface area (Å²) < 4.78 is 0. The summed E-state index contributed by atoms with van der Waals surface area (Å²) in [7, 11) is -2.62. The molecule has 38 heavy (non-hydrogen) atoms. The molecule has 3 nitrogen and oxygen atoms in total. The number of fused-ring (bicyclic) bond motifs is 1. The number of hydrazine groups is 1. The lowest BCUT2D eigenvalue weighted by Crippen LogP contribution is -2.74. The molecule has 1 aliphatic heterocycles. The highest BCUT2D eigenvalue weighted by molar-refractivity contribution is 7.19. The molecular weight excluding hydrogens is 478 g/mol. The molecule has 0 amide bonds. The number of hydrogen-bond acceptors (Lipinski definition) is 3. The number of para-hydroxylation sites is 2. The third-order valence-electron chi connectivity index (χ3n) is 7.05. The largest absolute Gasteiger partial charge is 0.360 e. The minimum atomic E-state index is -2.62. The number of allylic oxidation sites excluding steroid dienone is 2. The molecule has 0 unspecified atom stereocenters. The Hall–Kier alpha value is -4.80. The molecule has 0 bridgehead atoms. The molecule has 5 aromatic rings. The molecule has 2 N–H and O–H groups in total. The second-order valence-corrected chi connectivity index (χ2v) is 13.1. The van der Waals surface area contributed by atoms with Crippen LogP contribution in [-0.4, -0.2) is 8.07 Å². The predicted octanol–water partition coefficient (Wildman–Crippen LogP) is 5.16. The SMILES string of the molecule is C1=C\Nc2ccccc2N(c2cccc([Si](c3ccccc3)(c3ccccc3)c3ccccc3)c2)N\C=C/1. The van der Waals surface area contributed by atoms with E-state index in [0.717, 1.165) is 17.1 Å². The highest BCUT2D eigenvalue weighted by Crippen LogP contribution is 2.31. The molecule has 184 valence electrons. The standard InChI is InChI=1S/C34H29N3Si/c1-4-16-29(17-5-1)38(30-18-6-2-7-19-30,31-20-8-3-9-21-31)32-22-14-15-28(27-32)37-34-24-11-10-23-33(34)35-25-12-13-26-36-37/h1-27,35-36H/b25-12-,26-13-. The zero-order valence-corrected chi connectivity index (χ0v) is 22.0. The van der Waals surface area contributed by atoms with E-state index in [1.807, 2.05) is 24.6 Å². The van der Waals surface area contributed by atoms with Crippen molar-refractivity contribution in [1.82, 2.24) is 5.43 Å². The van der Waals surface area contributed by atoms with E-state index >= 15 is 0 Å². The fraction of sp³-hybridized carbons (Fsp3) is 0. The molecule has 0 radical (unpaired) electrons. The highest BCUT2D eigenvalue weighted by Gasteiger charge is 2.41. The zero-order valence-electron chi connectivity index (χ0n) is 21.0. The van der Waals surface area contributed by atoms with E-state index in [0.29, 0.717) is 0 Å². The summed E-state index contributed by atoms with van der Waals surface area (Å²) in [5.41, 5.74) is 6.66. The third kappa shape index (κ3) is 4.31. The normalized spacial score (nSPS) is 14.6. The molecule has 1 aliphatic rings. The summed E-state index contributed by atoms with van der Waals surface area (Å²) in [6.07, 6.45) is 7.90. The Labute approximate surface area is 225 Å². The van der Waals surface area contributed by atoms with Crippen molar-refractivity contribution in [1.29, 1.82) is 0 Å². The van der Waals surface area contributed by atoms with Crippen molar-refractivity contribution in [3.63, 3.8) is 0 Å². The van der Waals surface area contributed by atoms with E-state index < -0.39 is 8.07 Å². The van der Waals surface area contributed by atoms with Crippen molar-refractivity contribution < 1.29 is 0 Å². The minimum Gasteiger partial charge on any atom is -0.360 e. The monoisotopic (exact) mass is 507 g/mol. The molecule has 0 atom stereocenters. The van der Waals surface area contributed by atoms with Crippen LogP contribution in [0, 0.1) is 0 Å². The average Bonchev–Trinajstić information content (AvgIpc) is 3.10. The van der Waals surface area contributed by atoms with Gasteiger partial charge in [-0.05, 0) is 57.2 Å². The molecular formula is C34H29N3Si. The lowest BCUT2D eigenvalue weighted by atomic mass is 10.2. The number of nitrogens with zero attached hydrogens (tertiary/aromatic N) is 1. The number of rotatable bonds is 5. The number of benzene rings is 5. The van der Waals surface area contributed by atoms with Crippen LogP contribution in [0.1, 0.15) is 0 Å². The van der Waals surface area contributed by atoms with Gasteiger partial charge in [-0.2, -0.15) is 0 Å². The lowest BCUT2D eigenvalue weighted by molar-refractivity contribution is 0.889. The predicted molar refractivity (Wildman–Crippen MR) is 164 cm³/mol. The summed E-state index contributed by atoms with van der Waals surface area (Å²) in [5.74, 6) is 0. The van der Waals surface area contributed by atoms with Crippen molar-refractivity contribution in [2.45, 2.75) is 0 Å². The fourth-order valence-electron chi connectivity index (χ4n) is 5.38. The molecule has 0 spiro atoms. The quantitative estimate of drug-likeness (QED) is 0.254. The van der Waals surface area contributed by atoms with Crippen molar-refractivity contribution >= 4 is 45.9 Å². The van der Waals surface area contributed by atoms with E-state index in [-0.39, 0.29) is 0 Å². The van der Waals surface area contributed by atoms with Gasteiger partial charge in [-0.1, -0.05) is 115 Å². The van der Waals surface area contributed by atoms with Crippen LogP contribution in [0.5, 0.6) is 0 Å². The first-order valence-electron chi connectivity index (χ1n) is 12.9. The summed E-state index contributed by atoms with van der Waals surface area (Å²) in [6.45, 7) is 0. The van der Waals surface area contributed by atoms with Gasteiger partial charge in [0.15, 0.2) is 8.07 Å². The summed E-state index contributed by atoms with van der Waals surface area (Å²) >= 11 is 0. The number of anilines is 3. The third-order valence-corrected chi connectivity index (χ3v) is 11.8. The van der Waals surface area contributed by atoms with Crippen molar-refractivity contribution in [3.05, 3.63) is 164 Å². The van der Waals surface area contributed by atoms with Crippen molar-refractivity contribution in [2.75, 3.05) is 10.3 Å². The second-order valence-electron chi connectivity index (χ2n) is 9.24. The molecule has 0 aliphatic carbocycles. The van der Waals surface area contributed by atoms with Gasteiger partial charge in [0.1, 0.15) is 0 Å². The van der Waals surface area contributed by atoms with Crippen LogP contribution in [0.15, 0.2) is 164 Å². The first-order valence-corrected chi connectivity index (χ1v) is 14.9. The maximum atomic E-state index is 3.51. The Morgan fingerprint density at radius 3 is 1.63 bits per heavy atom. The second kappa shape index (κ2) is 10.7. The summed E-state index contributed by atoms with van der Waals surface area (Å²) in [4.78, 5) is 0. The Morgan fingerprint density at radius 2 is 1.00 bits per heavy atom. The van der Waals surface area contributed by atoms with Gasteiger partial charge in [-0.3, -0.25) is 5.01 Å². The zero-order chi connectivity index (χ0) is 25.6. The Kier molecular flexibility index (Phi) is 6.62. The maximum Gasteiger partial charge on any atom is 0.179 e. The highest BCUT2D eigenvalue weighted by atomic mass is 28.3.